The summed E-state index contributed by atoms with van der Waals surface area (Å²) in [7, 11) is 0. The van der Waals surface area contributed by atoms with Crippen molar-refractivity contribution in [3.05, 3.63) is 0 Å². The van der Waals surface area contributed by atoms with Crippen molar-refractivity contribution < 1.29 is 4.79 Å². The van der Waals surface area contributed by atoms with Gasteiger partial charge < -0.3 is 5.73 Å². The van der Waals surface area contributed by atoms with Crippen molar-refractivity contribution in [1.82, 2.24) is 0 Å². The molecule has 4 heteroatoms. The first-order chi connectivity index (χ1) is 4.27. The van der Waals surface area contributed by atoms with Crippen molar-refractivity contribution in [2.75, 3.05) is 6.54 Å². The number of carbonyl (C=O) groups excluding carboxylic acids is 1. The van der Waals surface area contributed by atoms with Gasteiger partial charge in [0.1, 0.15) is 0 Å². The number of aliphatic imine (C=N–C) groups is 2. The van der Waals surface area contributed by atoms with Crippen LogP contribution in [0.1, 0.15) is 13.3 Å². The molecule has 0 aliphatic carbocycles. The molecule has 0 rings (SSSR count). The van der Waals surface area contributed by atoms with E-state index in [1.54, 1.807) is 0 Å². The summed E-state index contributed by atoms with van der Waals surface area (Å²) in [4.78, 5) is 16.6. The molecule has 0 aromatic heterocycles. The highest BCUT2D eigenvalue weighted by molar-refractivity contribution is 5.78. The number of nitrogens with zero attached hydrogens (tertiary/aromatic N) is 2. The average molecular weight is 127 g/mol. The Bertz CT molecular complexity index is 146. The van der Waals surface area contributed by atoms with Gasteiger partial charge >= 0.3 is 6.03 Å². The van der Waals surface area contributed by atoms with E-state index in [0.29, 0.717) is 6.54 Å². The maximum Gasteiger partial charge on any atom is 0.347 e. The van der Waals surface area contributed by atoms with E-state index in [2.05, 4.69) is 21.7 Å². The zero-order valence-electron chi connectivity index (χ0n) is 5.29. The molecule has 0 aromatic rings. The normalized spacial score (nSPS) is 7.67. The van der Waals surface area contributed by atoms with Crippen LogP contribution in [0.15, 0.2) is 9.98 Å². The SMILES string of the molecule is CCCN=C=NC(N)=O. The molecule has 0 aliphatic heterocycles. The summed E-state index contributed by atoms with van der Waals surface area (Å²) in [5.74, 6) is 0. The minimum Gasteiger partial charge on any atom is -0.349 e. The Kier molecular flexibility index (Phi) is 4.36. The second kappa shape index (κ2) is 5.00. The molecule has 0 bridgehead atoms. The molecular weight excluding hydrogens is 118 g/mol. The van der Waals surface area contributed by atoms with Crippen LogP contribution in [0, 0.1) is 0 Å². The molecule has 0 unspecified atom stereocenters. The van der Waals surface area contributed by atoms with Crippen LogP contribution in [0.2, 0.25) is 0 Å². The Morgan fingerprint density at radius 3 is 2.89 bits per heavy atom. The summed E-state index contributed by atoms with van der Waals surface area (Å²) in [5, 5.41) is 0. The first-order valence-electron chi connectivity index (χ1n) is 2.69. The lowest BCUT2D eigenvalue weighted by atomic mass is 10.5. The molecule has 0 spiro atoms. The largest absolute Gasteiger partial charge is 0.349 e. The highest BCUT2D eigenvalue weighted by atomic mass is 16.2. The number of rotatable bonds is 2. The zero-order valence-corrected chi connectivity index (χ0v) is 5.29. The summed E-state index contributed by atoms with van der Waals surface area (Å²) in [6, 6.07) is 1.41. The van der Waals surface area contributed by atoms with Crippen LogP contribution in [0.4, 0.5) is 4.79 Å². The van der Waals surface area contributed by atoms with E-state index in [9.17, 15) is 4.79 Å². The topological polar surface area (TPSA) is 67.8 Å². The van der Waals surface area contributed by atoms with Gasteiger partial charge in [-0.3, -0.25) is 0 Å². The maximum atomic E-state index is 9.90. The van der Waals surface area contributed by atoms with Crippen molar-refractivity contribution in [3.8, 4) is 0 Å². The van der Waals surface area contributed by atoms with Crippen molar-refractivity contribution in [2.45, 2.75) is 13.3 Å². The average Bonchev–Trinajstić information content (AvgIpc) is 1.80. The molecule has 0 aromatic carbocycles. The number of urea groups is 1. The van der Waals surface area contributed by atoms with Gasteiger partial charge in [-0.25, -0.2) is 9.79 Å². The fourth-order valence-electron chi connectivity index (χ4n) is 0.246. The molecule has 4 nitrogen and oxygen atoms in total. The zero-order chi connectivity index (χ0) is 7.11. The molecule has 50 valence electrons. The van der Waals surface area contributed by atoms with Gasteiger partial charge in [0, 0.05) is 6.54 Å². The van der Waals surface area contributed by atoms with Gasteiger partial charge in [0.2, 0.25) is 0 Å². The molecule has 0 saturated carbocycles. The van der Waals surface area contributed by atoms with E-state index in [1.165, 1.54) is 0 Å². The second-order valence-corrected chi connectivity index (χ2v) is 1.43. The lowest BCUT2D eigenvalue weighted by molar-refractivity contribution is 0.257. The number of carbonyl (C=O) groups is 1. The molecular formula is C5H9N3O. The summed E-state index contributed by atoms with van der Waals surface area (Å²) in [6.45, 7) is 2.60. The Labute approximate surface area is 53.5 Å². The summed E-state index contributed by atoms with van der Waals surface area (Å²) < 4.78 is 0. The van der Waals surface area contributed by atoms with Gasteiger partial charge in [0.15, 0.2) is 0 Å². The standard InChI is InChI=1S/C5H9N3O/c1-2-3-7-4-8-5(6)9/h2-3H2,1H3,(H2,6,9). The summed E-state index contributed by atoms with van der Waals surface area (Å²) in [6.07, 6.45) is 0.918. The van der Waals surface area contributed by atoms with E-state index in [-0.39, 0.29) is 0 Å². The first-order valence-corrected chi connectivity index (χ1v) is 2.69. The third-order valence-electron chi connectivity index (χ3n) is 0.566. The van der Waals surface area contributed by atoms with E-state index in [1.807, 2.05) is 6.92 Å². The Morgan fingerprint density at radius 2 is 2.44 bits per heavy atom. The summed E-state index contributed by atoms with van der Waals surface area (Å²) in [5.41, 5.74) is 4.65. The molecule has 0 radical (unpaired) electrons. The Balaban J connectivity index is 3.54. The Hall–Kier alpha value is -1.15. The smallest absolute Gasteiger partial charge is 0.347 e. The number of hydrogen-bond donors (Lipinski definition) is 1. The predicted molar refractivity (Wildman–Crippen MR) is 34.6 cm³/mol. The predicted octanol–water partition coefficient (Wildman–Crippen LogP) is 0.649. The van der Waals surface area contributed by atoms with Gasteiger partial charge in [-0.1, -0.05) is 6.92 Å². The van der Waals surface area contributed by atoms with Gasteiger partial charge in [-0.15, -0.1) is 4.99 Å². The lowest BCUT2D eigenvalue weighted by Gasteiger charge is -1.76. The van der Waals surface area contributed by atoms with E-state index in [0.717, 1.165) is 6.42 Å². The molecule has 0 fully saturated rings. The highest BCUT2D eigenvalue weighted by Crippen LogP contribution is 1.73. The third-order valence-corrected chi connectivity index (χ3v) is 0.566. The van der Waals surface area contributed by atoms with Gasteiger partial charge in [0.05, 0.1) is 6.01 Å². The minimum atomic E-state index is -0.755. The summed E-state index contributed by atoms with van der Waals surface area (Å²) >= 11 is 0. The molecule has 0 atom stereocenters. The highest BCUT2D eigenvalue weighted by Gasteiger charge is 1.77. The fraction of sp³-hybridized carbons (Fsp3) is 0.600. The number of amides is 2. The van der Waals surface area contributed by atoms with Crippen molar-refractivity contribution in [2.24, 2.45) is 15.7 Å². The van der Waals surface area contributed by atoms with Crippen LogP contribution in [0.25, 0.3) is 0 Å². The number of primary amides is 1. The fourth-order valence-corrected chi connectivity index (χ4v) is 0.246. The van der Waals surface area contributed by atoms with Gasteiger partial charge in [0.25, 0.3) is 0 Å². The molecule has 2 amide bonds. The van der Waals surface area contributed by atoms with Crippen molar-refractivity contribution in [3.63, 3.8) is 0 Å². The van der Waals surface area contributed by atoms with Crippen LogP contribution in [-0.4, -0.2) is 18.6 Å². The molecule has 0 heterocycles. The maximum absolute atomic E-state index is 9.90. The van der Waals surface area contributed by atoms with Gasteiger partial charge in [-0.2, -0.15) is 0 Å². The van der Waals surface area contributed by atoms with Crippen molar-refractivity contribution >= 4 is 12.0 Å². The van der Waals surface area contributed by atoms with Crippen LogP contribution < -0.4 is 5.73 Å². The first kappa shape index (κ1) is 7.85. The van der Waals surface area contributed by atoms with Crippen LogP contribution in [-0.2, 0) is 0 Å². The Morgan fingerprint density at radius 1 is 1.78 bits per heavy atom. The molecule has 2 N–H and O–H groups in total. The molecule has 0 aliphatic rings. The van der Waals surface area contributed by atoms with E-state index >= 15 is 0 Å². The van der Waals surface area contributed by atoms with Crippen molar-refractivity contribution in [1.29, 1.82) is 0 Å². The second-order valence-electron chi connectivity index (χ2n) is 1.43. The van der Waals surface area contributed by atoms with Crippen LogP contribution in [0.3, 0.4) is 0 Å². The quantitative estimate of drug-likeness (QED) is 0.543. The van der Waals surface area contributed by atoms with E-state index < -0.39 is 6.03 Å². The van der Waals surface area contributed by atoms with E-state index in [4.69, 9.17) is 0 Å². The minimum absolute atomic E-state index is 0.636. The lowest BCUT2D eigenvalue weighted by Crippen LogP contribution is -2.02. The van der Waals surface area contributed by atoms with Gasteiger partial charge in [-0.05, 0) is 6.42 Å². The number of nitrogens with two attached hydrogens (primary N) is 1. The monoisotopic (exact) mass is 127 g/mol. The number of hydrogen-bond acceptors (Lipinski definition) is 2. The third kappa shape index (κ3) is 6.85. The molecule has 0 saturated heterocycles. The van der Waals surface area contributed by atoms with Crippen LogP contribution in [0.5, 0.6) is 0 Å². The molecule has 9 heavy (non-hydrogen) atoms. The van der Waals surface area contributed by atoms with Crippen LogP contribution >= 0.6 is 0 Å².